The van der Waals surface area contributed by atoms with Crippen molar-refractivity contribution < 1.29 is 4.79 Å². The maximum absolute atomic E-state index is 11.4. The van der Waals surface area contributed by atoms with E-state index in [0.29, 0.717) is 18.9 Å². The van der Waals surface area contributed by atoms with Crippen LogP contribution in [0.15, 0.2) is 0 Å². The quantitative estimate of drug-likeness (QED) is 0.659. The first kappa shape index (κ1) is 9.52. The van der Waals surface area contributed by atoms with Gasteiger partial charge in [-0.25, -0.2) is 0 Å². The molecule has 3 heteroatoms. The van der Waals surface area contributed by atoms with Crippen LogP contribution in [-0.4, -0.2) is 29.9 Å². The average molecular weight is 170 g/mol. The molecule has 1 rings (SSSR count). The van der Waals surface area contributed by atoms with Crippen LogP contribution in [-0.2, 0) is 4.79 Å². The highest BCUT2D eigenvalue weighted by molar-refractivity contribution is 5.77. The molecular weight excluding hydrogens is 152 g/mol. The summed E-state index contributed by atoms with van der Waals surface area (Å²) < 4.78 is 0. The van der Waals surface area contributed by atoms with Crippen LogP contribution in [0.25, 0.3) is 0 Å². The Kier molecular flexibility index (Phi) is 3.09. The van der Waals surface area contributed by atoms with Gasteiger partial charge in [0, 0.05) is 25.6 Å². The van der Waals surface area contributed by atoms with Crippen molar-refractivity contribution in [2.45, 2.75) is 32.7 Å². The number of rotatable bonds is 2. The van der Waals surface area contributed by atoms with E-state index in [-0.39, 0.29) is 11.9 Å². The van der Waals surface area contributed by atoms with Crippen molar-refractivity contribution in [2.75, 3.05) is 13.1 Å². The van der Waals surface area contributed by atoms with Gasteiger partial charge in [-0.15, -0.1) is 0 Å². The van der Waals surface area contributed by atoms with Crippen LogP contribution in [0.4, 0.5) is 0 Å². The molecule has 3 nitrogen and oxygen atoms in total. The molecule has 0 bridgehead atoms. The predicted octanol–water partition coefficient (Wildman–Crippen LogP) is 0.592. The lowest BCUT2D eigenvalue weighted by Gasteiger charge is -2.31. The fourth-order valence-corrected chi connectivity index (χ4v) is 1.57. The molecule has 0 aromatic carbocycles. The third kappa shape index (κ3) is 2.48. The van der Waals surface area contributed by atoms with Gasteiger partial charge in [0.25, 0.3) is 0 Å². The number of hydrogen-bond acceptors (Lipinski definition) is 2. The van der Waals surface area contributed by atoms with Crippen LogP contribution >= 0.6 is 0 Å². The zero-order valence-corrected chi connectivity index (χ0v) is 7.92. The molecule has 2 unspecified atom stereocenters. The van der Waals surface area contributed by atoms with E-state index >= 15 is 0 Å². The van der Waals surface area contributed by atoms with Crippen molar-refractivity contribution in [2.24, 2.45) is 11.7 Å². The van der Waals surface area contributed by atoms with E-state index in [0.717, 1.165) is 13.0 Å². The molecule has 12 heavy (non-hydrogen) atoms. The van der Waals surface area contributed by atoms with E-state index in [1.807, 2.05) is 11.8 Å². The molecule has 0 aliphatic carbocycles. The van der Waals surface area contributed by atoms with Crippen LogP contribution in [0.1, 0.15) is 26.7 Å². The van der Waals surface area contributed by atoms with Gasteiger partial charge in [-0.2, -0.15) is 0 Å². The molecule has 1 aliphatic rings. The summed E-state index contributed by atoms with van der Waals surface area (Å²) in [5, 5.41) is 0. The van der Waals surface area contributed by atoms with Crippen LogP contribution in [0.2, 0.25) is 0 Å². The molecular formula is C9H18N2O. The van der Waals surface area contributed by atoms with Gasteiger partial charge in [0.15, 0.2) is 0 Å². The summed E-state index contributed by atoms with van der Waals surface area (Å²) in [4.78, 5) is 13.3. The molecule has 1 aliphatic heterocycles. The number of likely N-dealkylation sites (tertiary alicyclic amines) is 1. The maximum Gasteiger partial charge on any atom is 0.222 e. The summed E-state index contributed by atoms with van der Waals surface area (Å²) in [5.41, 5.74) is 5.63. The molecule has 1 amide bonds. The van der Waals surface area contributed by atoms with Crippen molar-refractivity contribution in [3.05, 3.63) is 0 Å². The zero-order valence-electron chi connectivity index (χ0n) is 7.92. The Hall–Kier alpha value is -0.570. The van der Waals surface area contributed by atoms with Gasteiger partial charge in [0.05, 0.1) is 0 Å². The predicted molar refractivity (Wildman–Crippen MR) is 48.6 cm³/mol. The van der Waals surface area contributed by atoms with Gasteiger partial charge in [0.2, 0.25) is 5.91 Å². The minimum Gasteiger partial charge on any atom is -0.341 e. The first-order valence-corrected chi connectivity index (χ1v) is 4.63. The van der Waals surface area contributed by atoms with E-state index in [2.05, 4.69) is 6.92 Å². The molecule has 2 N–H and O–H groups in total. The number of hydrogen-bond donors (Lipinski definition) is 1. The lowest BCUT2D eigenvalue weighted by Crippen LogP contribution is -2.44. The Morgan fingerprint density at radius 1 is 1.75 bits per heavy atom. The number of nitrogens with two attached hydrogens (primary N) is 1. The summed E-state index contributed by atoms with van der Waals surface area (Å²) in [6, 6.07) is 0.0994. The molecule has 0 radical (unpaired) electrons. The Morgan fingerprint density at radius 3 is 2.92 bits per heavy atom. The Labute approximate surface area is 73.9 Å². The number of amides is 1. The molecule has 0 aromatic rings. The van der Waals surface area contributed by atoms with E-state index in [9.17, 15) is 4.79 Å². The van der Waals surface area contributed by atoms with E-state index in [4.69, 9.17) is 5.73 Å². The third-order valence-electron chi connectivity index (χ3n) is 2.28. The maximum atomic E-state index is 11.4. The van der Waals surface area contributed by atoms with Crippen molar-refractivity contribution in [1.82, 2.24) is 4.90 Å². The summed E-state index contributed by atoms with van der Waals surface area (Å²) in [5.74, 6) is 0.827. The fourth-order valence-electron chi connectivity index (χ4n) is 1.57. The summed E-state index contributed by atoms with van der Waals surface area (Å²) >= 11 is 0. The molecule has 0 aromatic heterocycles. The van der Waals surface area contributed by atoms with Crippen molar-refractivity contribution in [3.8, 4) is 0 Å². The first-order chi connectivity index (χ1) is 5.59. The highest BCUT2D eigenvalue weighted by atomic mass is 16.2. The van der Waals surface area contributed by atoms with Crippen LogP contribution in [0.5, 0.6) is 0 Å². The van der Waals surface area contributed by atoms with Gasteiger partial charge in [-0.1, -0.05) is 6.92 Å². The smallest absolute Gasteiger partial charge is 0.222 e. The third-order valence-corrected chi connectivity index (χ3v) is 2.28. The number of piperidine rings is 1. The van der Waals surface area contributed by atoms with Crippen LogP contribution in [0.3, 0.4) is 0 Å². The Morgan fingerprint density at radius 2 is 2.42 bits per heavy atom. The molecule has 1 saturated heterocycles. The first-order valence-electron chi connectivity index (χ1n) is 4.63. The monoisotopic (exact) mass is 170 g/mol. The second-order valence-electron chi connectivity index (χ2n) is 3.92. The number of carbonyl (C=O) groups is 1. The molecule has 2 atom stereocenters. The minimum absolute atomic E-state index is 0.0994. The molecule has 70 valence electrons. The second-order valence-corrected chi connectivity index (χ2v) is 3.92. The summed E-state index contributed by atoms with van der Waals surface area (Å²) in [6.45, 7) is 5.67. The van der Waals surface area contributed by atoms with E-state index in [1.54, 1.807) is 0 Å². The van der Waals surface area contributed by atoms with Crippen molar-refractivity contribution in [3.63, 3.8) is 0 Å². The highest BCUT2D eigenvalue weighted by Crippen LogP contribution is 2.16. The normalized spacial score (nSPS) is 27.4. The molecule has 0 spiro atoms. The lowest BCUT2D eigenvalue weighted by atomic mass is 9.98. The van der Waals surface area contributed by atoms with E-state index < -0.39 is 0 Å². The second kappa shape index (κ2) is 3.90. The summed E-state index contributed by atoms with van der Waals surface area (Å²) in [7, 11) is 0. The van der Waals surface area contributed by atoms with Crippen molar-refractivity contribution >= 4 is 5.91 Å². The summed E-state index contributed by atoms with van der Waals surface area (Å²) in [6.07, 6.45) is 1.82. The number of carbonyl (C=O) groups excluding carboxylic acids is 1. The van der Waals surface area contributed by atoms with Crippen LogP contribution < -0.4 is 5.73 Å². The number of nitrogens with zero attached hydrogens (tertiary/aromatic N) is 1. The largest absolute Gasteiger partial charge is 0.341 e. The Balaban J connectivity index is 2.40. The topological polar surface area (TPSA) is 46.3 Å². The van der Waals surface area contributed by atoms with Gasteiger partial charge in [-0.05, 0) is 19.3 Å². The van der Waals surface area contributed by atoms with Gasteiger partial charge >= 0.3 is 0 Å². The highest BCUT2D eigenvalue weighted by Gasteiger charge is 2.22. The zero-order chi connectivity index (χ0) is 9.14. The average Bonchev–Trinajstić information content (AvgIpc) is 1.94. The molecule has 1 heterocycles. The lowest BCUT2D eigenvalue weighted by molar-refractivity contribution is -0.134. The Bertz CT molecular complexity index is 168. The fraction of sp³-hybridized carbons (Fsp3) is 0.889. The standard InChI is InChI=1S/C9H18N2O/c1-7-3-4-11(6-8(2)10)9(12)5-7/h7-8H,3-6,10H2,1-2H3. The van der Waals surface area contributed by atoms with Crippen LogP contribution in [0, 0.1) is 5.92 Å². The SMILES string of the molecule is CC(N)CN1CCC(C)CC1=O. The molecule has 1 fully saturated rings. The van der Waals surface area contributed by atoms with Gasteiger partial charge < -0.3 is 10.6 Å². The molecule has 0 saturated carbocycles. The van der Waals surface area contributed by atoms with Gasteiger partial charge in [0.1, 0.15) is 0 Å². The van der Waals surface area contributed by atoms with Crippen molar-refractivity contribution in [1.29, 1.82) is 0 Å². The van der Waals surface area contributed by atoms with E-state index in [1.165, 1.54) is 0 Å². The minimum atomic E-state index is 0.0994. The van der Waals surface area contributed by atoms with Gasteiger partial charge in [-0.3, -0.25) is 4.79 Å².